The molecule has 2 heterocycles. The van der Waals surface area contributed by atoms with Crippen molar-refractivity contribution in [1.82, 2.24) is 19.8 Å². The lowest BCUT2D eigenvalue weighted by molar-refractivity contribution is 0.415. The Morgan fingerprint density at radius 1 is 0.958 bits per heavy atom. The van der Waals surface area contributed by atoms with Crippen molar-refractivity contribution in [3.8, 4) is 17.1 Å². The highest BCUT2D eigenvalue weighted by molar-refractivity contribution is 7.17. The van der Waals surface area contributed by atoms with E-state index < -0.39 is 0 Å². The Kier molecular flexibility index (Phi) is 3.80. The number of aromatic nitrogens is 4. The summed E-state index contributed by atoms with van der Waals surface area (Å²) in [6.07, 6.45) is 4.03. The van der Waals surface area contributed by atoms with Crippen molar-refractivity contribution in [3.63, 3.8) is 0 Å². The first-order valence-corrected chi connectivity index (χ1v) is 8.25. The standard InChI is InChI=1S/C18H14N4OS/c1-23-15-10-8-14(9-11-15)17-19-20-18-22(17)21-16(24-18)12-7-13-5-3-2-4-6-13/h2-12H,1H3. The summed E-state index contributed by atoms with van der Waals surface area (Å²) in [7, 11) is 1.65. The third-order valence-electron chi connectivity index (χ3n) is 3.57. The lowest BCUT2D eigenvalue weighted by atomic mass is 10.2. The SMILES string of the molecule is COc1ccc(-c2nnc3sc(C=Cc4ccccc4)nn23)cc1. The Labute approximate surface area is 142 Å². The van der Waals surface area contributed by atoms with Crippen molar-refractivity contribution in [1.29, 1.82) is 0 Å². The second-order valence-electron chi connectivity index (χ2n) is 5.13. The molecule has 2 aromatic heterocycles. The minimum atomic E-state index is 0.725. The highest BCUT2D eigenvalue weighted by atomic mass is 32.1. The summed E-state index contributed by atoms with van der Waals surface area (Å²) in [6.45, 7) is 0. The number of ether oxygens (including phenoxy) is 1. The lowest BCUT2D eigenvalue weighted by Gasteiger charge is -2.00. The van der Waals surface area contributed by atoms with Crippen LogP contribution in [0, 0.1) is 0 Å². The number of methoxy groups -OCH3 is 1. The van der Waals surface area contributed by atoms with E-state index in [4.69, 9.17) is 4.74 Å². The van der Waals surface area contributed by atoms with Gasteiger partial charge in [0.1, 0.15) is 10.8 Å². The van der Waals surface area contributed by atoms with Crippen LogP contribution in [0.25, 0.3) is 28.5 Å². The van der Waals surface area contributed by atoms with Crippen LogP contribution in [-0.2, 0) is 0 Å². The Morgan fingerprint density at radius 2 is 1.75 bits per heavy atom. The van der Waals surface area contributed by atoms with Gasteiger partial charge in [0.05, 0.1) is 7.11 Å². The second-order valence-corrected chi connectivity index (χ2v) is 6.12. The van der Waals surface area contributed by atoms with Gasteiger partial charge in [0.15, 0.2) is 5.82 Å². The maximum absolute atomic E-state index is 5.19. The lowest BCUT2D eigenvalue weighted by Crippen LogP contribution is -1.91. The zero-order valence-electron chi connectivity index (χ0n) is 13.0. The van der Waals surface area contributed by atoms with Crippen molar-refractivity contribution < 1.29 is 4.74 Å². The highest BCUT2D eigenvalue weighted by Gasteiger charge is 2.12. The van der Waals surface area contributed by atoms with Gasteiger partial charge in [-0.2, -0.15) is 9.61 Å². The average Bonchev–Trinajstić information content (AvgIpc) is 3.21. The Balaban J connectivity index is 1.66. The van der Waals surface area contributed by atoms with E-state index in [1.54, 1.807) is 11.6 Å². The fourth-order valence-electron chi connectivity index (χ4n) is 2.35. The van der Waals surface area contributed by atoms with Gasteiger partial charge in [0.2, 0.25) is 4.96 Å². The Morgan fingerprint density at radius 3 is 2.50 bits per heavy atom. The Hall–Kier alpha value is -2.99. The van der Waals surface area contributed by atoms with Crippen molar-refractivity contribution in [3.05, 3.63) is 65.2 Å². The Bertz CT molecular complexity index is 987. The van der Waals surface area contributed by atoms with Crippen LogP contribution in [0.4, 0.5) is 0 Å². The number of hydrogen-bond donors (Lipinski definition) is 0. The van der Waals surface area contributed by atoms with E-state index in [-0.39, 0.29) is 0 Å². The van der Waals surface area contributed by atoms with E-state index in [2.05, 4.69) is 27.4 Å². The third-order valence-corrected chi connectivity index (χ3v) is 4.44. The van der Waals surface area contributed by atoms with Gasteiger partial charge >= 0.3 is 0 Å². The minimum absolute atomic E-state index is 0.725. The zero-order valence-corrected chi connectivity index (χ0v) is 13.8. The molecular weight excluding hydrogens is 320 g/mol. The first-order chi connectivity index (χ1) is 11.8. The second kappa shape index (κ2) is 6.25. The predicted molar refractivity (Wildman–Crippen MR) is 96.0 cm³/mol. The number of fused-ring (bicyclic) bond motifs is 1. The molecule has 0 atom stereocenters. The van der Waals surface area contributed by atoms with Crippen LogP contribution < -0.4 is 4.74 Å². The molecule has 0 saturated carbocycles. The average molecular weight is 334 g/mol. The normalized spacial score (nSPS) is 11.4. The maximum atomic E-state index is 5.19. The smallest absolute Gasteiger partial charge is 0.235 e. The molecule has 0 spiro atoms. The molecule has 0 fully saturated rings. The molecule has 5 nitrogen and oxygen atoms in total. The van der Waals surface area contributed by atoms with E-state index in [0.717, 1.165) is 32.7 Å². The van der Waals surface area contributed by atoms with E-state index in [1.165, 1.54) is 11.3 Å². The molecule has 0 amide bonds. The van der Waals surface area contributed by atoms with Crippen molar-refractivity contribution in [2.24, 2.45) is 0 Å². The summed E-state index contributed by atoms with van der Waals surface area (Å²) in [5.41, 5.74) is 2.09. The topological polar surface area (TPSA) is 52.3 Å². The summed E-state index contributed by atoms with van der Waals surface area (Å²) in [5, 5.41) is 13.9. The summed E-state index contributed by atoms with van der Waals surface area (Å²) in [4.78, 5) is 0.772. The van der Waals surface area contributed by atoms with Crippen molar-refractivity contribution in [2.45, 2.75) is 0 Å². The molecule has 0 N–H and O–H groups in total. The molecule has 24 heavy (non-hydrogen) atoms. The molecule has 0 aliphatic heterocycles. The third kappa shape index (κ3) is 2.79. The number of benzene rings is 2. The largest absolute Gasteiger partial charge is 0.497 e. The predicted octanol–water partition coefficient (Wildman–Crippen LogP) is 4.03. The molecule has 0 aliphatic rings. The summed E-state index contributed by atoms with van der Waals surface area (Å²) in [5.74, 6) is 1.53. The molecule has 0 radical (unpaired) electrons. The van der Waals surface area contributed by atoms with Crippen LogP contribution in [0.15, 0.2) is 54.6 Å². The molecule has 0 aliphatic carbocycles. The molecule has 4 rings (SSSR count). The van der Waals surface area contributed by atoms with Gasteiger partial charge in [0.25, 0.3) is 0 Å². The van der Waals surface area contributed by atoms with Crippen molar-refractivity contribution in [2.75, 3.05) is 7.11 Å². The van der Waals surface area contributed by atoms with E-state index >= 15 is 0 Å². The summed E-state index contributed by atoms with van der Waals surface area (Å²) in [6, 6.07) is 17.8. The van der Waals surface area contributed by atoms with Gasteiger partial charge in [-0.25, -0.2) is 0 Å². The van der Waals surface area contributed by atoms with Gasteiger partial charge in [-0.05, 0) is 35.9 Å². The minimum Gasteiger partial charge on any atom is -0.497 e. The molecule has 0 bridgehead atoms. The highest BCUT2D eigenvalue weighted by Crippen LogP contribution is 2.24. The van der Waals surface area contributed by atoms with Gasteiger partial charge < -0.3 is 4.74 Å². The van der Waals surface area contributed by atoms with Crippen LogP contribution in [0.2, 0.25) is 0 Å². The monoisotopic (exact) mass is 334 g/mol. The number of nitrogens with zero attached hydrogens (tertiary/aromatic N) is 4. The van der Waals surface area contributed by atoms with Gasteiger partial charge in [-0.3, -0.25) is 0 Å². The fourth-order valence-corrected chi connectivity index (χ4v) is 3.09. The first kappa shape index (κ1) is 14.6. The van der Waals surface area contributed by atoms with Crippen molar-refractivity contribution >= 4 is 28.4 Å². The molecule has 0 saturated heterocycles. The fraction of sp³-hybridized carbons (Fsp3) is 0.0556. The van der Waals surface area contributed by atoms with E-state index in [1.807, 2.05) is 54.6 Å². The first-order valence-electron chi connectivity index (χ1n) is 7.43. The number of hydrogen-bond acceptors (Lipinski definition) is 5. The van der Waals surface area contributed by atoms with Gasteiger partial charge in [-0.1, -0.05) is 47.7 Å². The molecule has 118 valence electrons. The van der Waals surface area contributed by atoms with Gasteiger partial charge in [0, 0.05) is 5.56 Å². The molecule has 6 heteroatoms. The van der Waals surface area contributed by atoms with Crippen LogP contribution in [0.5, 0.6) is 5.75 Å². The van der Waals surface area contributed by atoms with Gasteiger partial charge in [-0.15, -0.1) is 10.2 Å². The van der Waals surface area contributed by atoms with Crippen LogP contribution in [-0.4, -0.2) is 26.9 Å². The molecule has 2 aromatic carbocycles. The summed E-state index contributed by atoms with van der Waals surface area (Å²) >= 11 is 1.51. The van der Waals surface area contributed by atoms with E-state index in [9.17, 15) is 0 Å². The van der Waals surface area contributed by atoms with Crippen LogP contribution in [0.1, 0.15) is 10.6 Å². The number of rotatable bonds is 4. The summed E-state index contributed by atoms with van der Waals surface area (Å²) < 4.78 is 6.96. The zero-order chi connectivity index (χ0) is 16.4. The van der Waals surface area contributed by atoms with Crippen LogP contribution >= 0.6 is 11.3 Å². The quantitative estimate of drug-likeness (QED) is 0.565. The molecular formula is C18H14N4OS. The molecule has 0 unspecified atom stereocenters. The van der Waals surface area contributed by atoms with Crippen LogP contribution in [0.3, 0.4) is 0 Å². The van der Waals surface area contributed by atoms with E-state index in [0.29, 0.717) is 0 Å². The molecule has 4 aromatic rings. The maximum Gasteiger partial charge on any atom is 0.235 e.